The number of ether oxygens (including phenoxy) is 1. The summed E-state index contributed by atoms with van der Waals surface area (Å²) in [5.41, 5.74) is -0.183. The molecule has 1 fully saturated rings. The Morgan fingerprint density at radius 2 is 2.05 bits per heavy atom. The van der Waals surface area contributed by atoms with Crippen molar-refractivity contribution in [1.82, 2.24) is 5.32 Å². The average molecular weight is 268 g/mol. The molecule has 6 heteroatoms. The van der Waals surface area contributed by atoms with Crippen LogP contribution in [0, 0.1) is 15.9 Å². The lowest BCUT2D eigenvalue weighted by Gasteiger charge is -2.28. The fourth-order valence-electron chi connectivity index (χ4n) is 2.38. The summed E-state index contributed by atoms with van der Waals surface area (Å²) in [7, 11) is 1.92. The lowest BCUT2D eigenvalue weighted by molar-refractivity contribution is -0.386. The van der Waals surface area contributed by atoms with Crippen LogP contribution in [0.15, 0.2) is 18.2 Å². The number of nitro groups is 1. The van der Waals surface area contributed by atoms with Crippen molar-refractivity contribution in [2.45, 2.75) is 37.8 Å². The lowest BCUT2D eigenvalue weighted by atomic mass is 9.93. The standard InChI is InChI=1S/C13H17FN2O3/c1-15-10-3-5-11(6-4-10)19-13-8-9(14)2-7-12(13)16(17)18/h2,7-8,10-11,15H,3-6H2,1H3/t10-,11-. The Kier molecular flexibility index (Phi) is 4.31. The van der Waals surface area contributed by atoms with E-state index in [1.165, 1.54) is 0 Å². The Labute approximate surface area is 110 Å². The Morgan fingerprint density at radius 1 is 1.37 bits per heavy atom. The second-order valence-electron chi connectivity index (χ2n) is 4.75. The van der Waals surface area contributed by atoms with Gasteiger partial charge >= 0.3 is 5.69 Å². The molecule has 0 amide bonds. The Balaban J connectivity index is 2.06. The fraction of sp³-hybridized carbons (Fsp3) is 0.538. The second-order valence-corrected chi connectivity index (χ2v) is 4.75. The van der Waals surface area contributed by atoms with Crippen molar-refractivity contribution in [2.24, 2.45) is 0 Å². The van der Waals surface area contributed by atoms with E-state index in [9.17, 15) is 14.5 Å². The molecule has 1 N–H and O–H groups in total. The number of hydrogen-bond donors (Lipinski definition) is 1. The van der Waals surface area contributed by atoms with Crippen LogP contribution in [0.5, 0.6) is 5.75 Å². The van der Waals surface area contributed by atoms with Crippen LogP contribution in [-0.2, 0) is 0 Å². The first-order valence-electron chi connectivity index (χ1n) is 6.38. The zero-order chi connectivity index (χ0) is 13.8. The molecule has 0 aromatic heterocycles. The van der Waals surface area contributed by atoms with Crippen molar-refractivity contribution in [2.75, 3.05) is 7.05 Å². The quantitative estimate of drug-likeness (QED) is 0.673. The molecule has 1 aromatic rings. The van der Waals surface area contributed by atoms with Gasteiger partial charge in [0.05, 0.1) is 11.0 Å². The molecule has 0 spiro atoms. The summed E-state index contributed by atoms with van der Waals surface area (Å²) in [4.78, 5) is 10.3. The monoisotopic (exact) mass is 268 g/mol. The summed E-state index contributed by atoms with van der Waals surface area (Å²) < 4.78 is 18.8. The fourth-order valence-corrected chi connectivity index (χ4v) is 2.38. The van der Waals surface area contributed by atoms with E-state index in [0.717, 1.165) is 43.9 Å². The Hall–Kier alpha value is -1.69. The summed E-state index contributed by atoms with van der Waals surface area (Å²) in [6.45, 7) is 0. The molecule has 1 aliphatic carbocycles. The number of nitrogens with one attached hydrogen (secondary N) is 1. The third-order valence-electron chi connectivity index (χ3n) is 3.49. The Morgan fingerprint density at radius 3 is 2.63 bits per heavy atom. The second kappa shape index (κ2) is 5.97. The van der Waals surface area contributed by atoms with E-state index in [0.29, 0.717) is 6.04 Å². The van der Waals surface area contributed by atoms with Crippen LogP contribution in [-0.4, -0.2) is 24.1 Å². The van der Waals surface area contributed by atoms with E-state index in [1.807, 2.05) is 7.05 Å². The molecule has 0 radical (unpaired) electrons. The number of rotatable bonds is 4. The van der Waals surface area contributed by atoms with Gasteiger partial charge in [0.15, 0.2) is 5.75 Å². The molecular formula is C13H17FN2O3. The van der Waals surface area contributed by atoms with Gasteiger partial charge in [-0.05, 0) is 38.8 Å². The normalized spacial score (nSPS) is 23.1. The third-order valence-corrected chi connectivity index (χ3v) is 3.49. The van der Waals surface area contributed by atoms with Crippen LogP contribution < -0.4 is 10.1 Å². The largest absolute Gasteiger partial charge is 0.483 e. The van der Waals surface area contributed by atoms with Crippen molar-refractivity contribution in [3.8, 4) is 5.75 Å². The number of nitrogens with zero attached hydrogens (tertiary/aromatic N) is 1. The maximum Gasteiger partial charge on any atom is 0.311 e. The van der Waals surface area contributed by atoms with Gasteiger partial charge in [0.25, 0.3) is 0 Å². The maximum atomic E-state index is 13.2. The van der Waals surface area contributed by atoms with Crippen LogP contribution in [0.3, 0.4) is 0 Å². The molecular weight excluding hydrogens is 251 g/mol. The molecule has 104 valence electrons. The maximum absolute atomic E-state index is 13.2. The topological polar surface area (TPSA) is 64.4 Å². The van der Waals surface area contributed by atoms with Crippen LogP contribution in [0.2, 0.25) is 0 Å². The zero-order valence-electron chi connectivity index (χ0n) is 10.8. The summed E-state index contributed by atoms with van der Waals surface area (Å²) in [6.07, 6.45) is 3.48. The van der Waals surface area contributed by atoms with Crippen molar-refractivity contribution in [3.63, 3.8) is 0 Å². The molecule has 19 heavy (non-hydrogen) atoms. The molecule has 0 saturated heterocycles. The van der Waals surface area contributed by atoms with Gasteiger partial charge in [-0.25, -0.2) is 4.39 Å². The van der Waals surface area contributed by atoms with E-state index >= 15 is 0 Å². The zero-order valence-corrected chi connectivity index (χ0v) is 10.8. The summed E-state index contributed by atoms with van der Waals surface area (Å²) in [5.74, 6) is -0.498. The predicted molar refractivity (Wildman–Crippen MR) is 68.8 cm³/mol. The highest BCUT2D eigenvalue weighted by molar-refractivity contribution is 5.46. The molecule has 0 aliphatic heterocycles. The number of nitro benzene ring substituents is 1. The van der Waals surface area contributed by atoms with Crippen molar-refractivity contribution < 1.29 is 14.1 Å². The molecule has 1 aromatic carbocycles. The van der Waals surface area contributed by atoms with Crippen LogP contribution in [0.1, 0.15) is 25.7 Å². The minimum absolute atomic E-state index is 0.0258. The van der Waals surface area contributed by atoms with Crippen LogP contribution in [0.25, 0.3) is 0 Å². The number of halogens is 1. The SMILES string of the molecule is CN[C@H]1CC[C@H](Oc2cc(F)ccc2[N+](=O)[O-])CC1. The molecule has 0 unspecified atom stereocenters. The lowest BCUT2D eigenvalue weighted by Crippen LogP contribution is -2.34. The molecule has 5 nitrogen and oxygen atoms in total. The summed E-state index contributed by atoms with van der Waals surface area (Å²) >= 11 is 0. The van der Waals surface area contributed by atoms with Gasteiger partial charge in [-0.3, -0.25) is 10.1 Å². The van der Waals surface area contributed by atoms with E-state index in [-0.39, 0.29) is 17.5 Å². The van der Waals surface area contributed by atoms with Gasteiger partial charge in [0.2, 0.25) is 0 Å². The summed E-state index contributed by atoms with van der Waals surface area (Å²) in [5, 5.41) is 14.1. The number of benzene rings is 1. The molecule has 0 atom stereocenters. The smallest absolute Gasteiger partial charge is 0.311 e. The molecule has 2 rings (SSSR count). The molecule has 0 heterocycles. The van der Waals surface area contributed by atoms with Gasteiger partial charge in [0, 0.05) is 18.2 Å². The van der Waals surface area contributed by atoms with Gasteiger partial charge in [-0.1, -0.05) is 0 Å². The van der Waals surface area contributed by atoms with Crippen molar-refractivity contribution in [3.05, 3.63) is 34.1 Å². The van der Waals surface area contributed by atoms with Crippen molar-refractivity contribution >= 4 is 5.69 Å². The molecule has 0 bridgehead atoms. The molecule has 1 aliphatic rings. The third kappa shape index (κ3) is 3.41. The molecule has 1 saturated carbocycles. The van der Waals surface area contributed by atoms with E-state index < -0.39 is 10.7 Å². The van der Waals surface area contributed by atoms with Gasteiger partial charge < -0.3 is 10.1 Å². The highest BCUT2D eigenvalue weighted by Crippen LogP contribution is 2.31. The first kappa shape index (κ1) is 13.7. The van der Waals surface area contributed by atoms with Crippen LogP contribution in [0.4, 0.5) is 10.1 Å². The minimum atomic E-state index is -0.548. The van der Waals surface area contributed by atoms with Gasteiger partial charge in [0.1, 0.15) is 5.82 Å². The van der Waals surface area contributed by atoms with Gasteiger partial charge in [-0.2, -0.15) is 0 Å². The van der Waals surface area contributed by atoms with Gasteiger partial charge in [-0.15, -0.1) is 0 Å². The highest BCUT2D eigenvalue weighted by Gasteiger charge is 2.24. The Bertz CT molecular complexity index is 459. The minimum Gasteiger partial charge on any atom is -0.483 e. The first-order valence-corrected chi connectivity index (χ1v) is 6.38. The van der Waals surface area contributed by atoms with Crippen LogP contribution >= 0.6 is 0 Å². The first-order chi connectivity index (χ1) is 9.10. The highest BCUT2D eigenvalue weighted by atomic mass is 19.1. The number of hydrogen-bond acceptors (Lipinski definition) is 4. The van der Waals surface area contributed by atoms with E-state index in [4.69, 9.17) is 4.74 Å². The van der Waals surface area contributed by atoms with E-state index in [2.05, 4.69) is 5.32 Å². The summed E-state index contributed by atoms with van der Waals surface area (Å²) in [6, 6.07) is 3.78. The van der Waals surface area contributed by atoms with Crippen molar-refractivity contribution in [1.29, 1.82) is 0 Å². The van der Waals surface area contributed by atoms with E-state index in [1.54, 1.807) is 0 Å². The predicted octanol–water partition coefficient (Wildman–Crippen LogP) is 2.64. The average Bonchev–Trinajstić information content (AvgIpc) is 2.39.